The summed E-state index contributed by atoms with van der Waals surface area (Å²) < 4.78 is 9.78. The molecular formula is C16H18ClN3O7. The van der Waals surface area contributed by atoms with E-state index in [4.69, 9.17) is 21.4 Å². The predicted octanol–water partition coefficient (Wildman–Crippen LogP) is 2.04. The van der Waals surface area contributed by atoms with Crippen molar-refractivity contribution in [2.24, 2.45) is 0 Å². The van der Waals surface area contributed by atoms with Crippen LogP contribution in [-0.4, -0.2) is 57.8 Å². The van der Waals surface area contributed by atoms with Crippen molar-refractivity contribution in [3.05, 3.63) is 23.0 Å². The Kier molecular flexibility index (Phi) is 5.89. The molecule has 0 bridgehead atoms. The molecule has 1 aliphatic heterocycles. The zero-order valence-corrected chi connectivity index (χ0v) is 15.6. The molecule has 11 heteroatoms. The number of carbonyl (C=O) groups is 4. The third-order valence-corrected chi connectivity index (χ3v) is 3.41. The minimum absolute atomic E-state index is 0.0866. The number of carboxylic acids is 1. The van der Waals surface area contributed by atoms with Gasteiger partial charge in [0.05, 0.1) is 17.9 Å². The molecule has 0 fully saturated rings. The number of fused-ring (bicyclic) bond motifs is 1. The summed E-state index contributed by atoms with van der Waals surface area (Å²) in [6.45, 7) is 3.58. The Balaban J connectivity index is 2.29. The molecule has 0 atom stereocenters. The molecular weight excluding hydrogens is 382 g/mol. The number of anilines is 1. The summed E-state index contributed by atoms with van der Waals surface area (Å²) in [7, 11) is 0. The van der Waals surface area contributed by atoms with Gasteiger partial charge in [-0.25, -0.2) is 19.4 Å². The monoisotopic (exact) mass is 399 g/mol. The molecule has 0 saturated carbocycles. The van der Waals surface area contributed by atoms with Gasteiger partial charge in [-0.15, -0.1) is 0 Å². The van der Waals surface area contributed by atoms with Crippen molar-refractivity contribution in [3.63, 3.8) is 0 Å². The number of amides is 3. The Bertz CT molecular complexity index is 791. The van der Waals surface area contributed by atoms with Crippen molar-refractivity contribution in [2.45, 2.75) is 32.9 Å². The van der Waals surface area contributed by atoms with Gasteiger partial charge in [0.1, 0.15) is 17.3 Å². The maximum atomic E-state index is 12.7. The second kappa shape index (κ2) is 7.78. The van der Waals surface area contributed by atoms with Gasteiger partial charge in [-0.1, -0.05) is 11.6 Å². The lowest BCUT2D eigenvalue weighted by atomic mass is 10.2. The molecule has 2 rings (SSSR count). The minimum Gasteiger partial charge on any atom is -0.479 e. The average Bonchev–Trinajstić information content (AvgIpc) is 2.51. The van der Waals surface area contributed by atoms with Gasteiger partial charge in [-0.2, -0.15) is 4.90 Å². The van der Waals surface area contributed by atoms with Crippen molar-refractivity contribution in [1.82, 2.24) is 9.88 Å². The highest BCUT2D eigenvalue weighted by molar-refractivity contribution is 6.29. The fourth-order valence-corrected chi connectivity index (χ4v) is 2.46. The second-order valence-electron chi connectivity index (χ2n) is 6.61. The van der Waals surface area contributed by atoms with Crippen LogP contribution in [-0.2, 0) is 25.6 Å². The summed E-state index contributed by atoms with van der Waals surface area (Å²) in [5.74, 6) is -2.06. The van der Waals surface area contributed by atoms with Crippen molar-refractivity contribution in [2.75, 3.05) is 18.1 Å². The highest BCUT2D eigenvalue weighted by Gasteiger charge is 2.38. The summed E-state index contributed by atoms with van der Waals surface area (Å²) in [5, 5.41) is 8.78. The van der Waals surface area contributed by atoms with Gasteiger partial charge in [-0.05, 0) is 32.9 Å². The smallest absolute Gasteiger partial charge is 0.423 e. The number of nitrogens with zero attached hydrogens (tertiary/aromatic N) is 3. The van der Waals surface area contributed by atoms with Crippen molar-refractivity contribution in [3.8, 4) is 0 Å². The fourth-order valence-electron chi connectivity index (χ4n) is 2.30. The highest BCUT2D eigenvalue weighted by atomic mass is 35.5. The summed E-state index contributed by atoms with van der Waals surface area (Å²) in [6, 6.07) is 1.89. The van der Waals surface area contributed by atoms with E-state index in [-0.39, 0.29) is 23.1 Å². The van der Waals surface area contributed by atoms with Crippen LogP contribution < -0.4 is 4.90 Å². The average molecular weight is 400 g/mol. The Morgan fingerprint density at radius 2 is 1.96 bits per heavy atom. The van der Waals surface area contributed by atoms with Gasteiger partial charge in [-0.3, -0.25) is 4.79 Å². The molecule has 0 unspecified atom stereocenters. The molecule has 1 aromatic heterocycles. The third kappa shape index (κ3) is 5.30. The number of hydrogen-bond donors (Lipinski definition) is 1. The SMILES string of the molecule is CC(C)(C)OC(=O)CN1Cc2nc(Cl)ccc2N(C(=O)OCC(=O)O)C1=O. The first kappa shape index (κ1) is 20.4. The molecule has 0 radical (unpaired) electrons. The highest BCUT2D eigenvalue weighted by Crippen LogP contribution is 2.29. The zero-order valence-electron chi connectivity index (χ0n) is 14.9. The van der Waals surface area contributed by atoms with Gasteiger partial charge in [0.2, 0.25) is 0 Å². The predicted molar refractivity (Wildman–Crippen MR) is 92.4 cm³/mol. The van der Waals surface area contributed by atoms with Crippen molar-refractivity contribution in [1.29, 1.82) is 0 Å². The molecule has 1 N–H and O–H groups in total. The molecule has 0 aromatic carbocycles. The second-order valence-corrected chi connectivity index (χ2v) is 7.00. The number of halogens is 1. The summed E-state index contributed by atoms with van der Waals surface area (Å²) in [6.07, 6.45) is -1.21. The van der Waals surface area contributed by atoms with E-state index in [2.05, 4.69) is 9.72 Å². The Labute approximate surface area is 159 Å². The molecule has 27 heavy (non-hydrogen) atoms. The quantitative estimate of drug-likeness (QED) is 0.602. The molecule has 1 aromatic rings. The molecule has 146 valence electrons. The van der Waals surface area contributed by atoms with Gasteiger partial charge < -0.3 is 19.5 Å². The maximum Gasteiger partial charge on any atom is 0.423 e. The number of carbonyl (C=O) groups excluding carboxylic acids is 3. The van der Waals surface area contributed by atoms with Crippen LogP contribution in [0.5, 0.6) is 0 Å². The molecule has 0 spiro atoms. The van der Waals surface area contributed by atoms with E-state index < -0.39 is 42.8 Å². The van der Waals surface area contributed by atoms with Crippen LogP contribution in [0, 0.1) is 0 Å². The van der Waals surface area contributed by atoms with E-state index in [1.807, 2.05) is 0 Å². The molecule has 10 nitrogen and oxygen atoms in total. The van der Waals surface area contributed by atoms with E-state index in [1.54, 1.807) is 20.8 Å². The minimum atomic E-state index is -1.38. The number of ether oxygens (including phenoxy) is 2. The number of imide groups is 1. The molecule has 2 heterocycles. The largest absolute Gasteiger partial charge is 0.479 e. The van der Waals surface area contributed by atoms with E-state index in [9.17, 15) is 19.2 Å². The van der Waals surface area contributed by atoms with Crippen LogP contribution >= 0.6 is 11.6 Å². The number of aliphatic carboxylic acids is 1. The molecule has 0 aliphatic carbocycles. The Hall–Kier alpha value is -2.88. The fraction of sp³-hybridized carbons (Fsp3) is 0.438. The standard InChI is InChI=1S/C16H18ClN3O7/c1-16(2,3)27-13(23)7-19-6-9-10(4-5-11(17)18-9)20(14(19)24)15(25)26-8-12(21)22/h4-5H,6-8H2,1-3H3,(H,21,22). The topological polar surface area (TPSA) is 126 Å². The lowest BCUT2D eigenvalue weighted by molar-refractivity contribution is -0.155. The Morgan fingerprint density at radius 3 is 2.56 bits per heavy atom. The van der Waals surface area contributed by atoms with Gasteiger partial charge in [0.25, 0.3) is 0 Å². The third-order valence-electron chi connectivity index (χ3n) is 3.20. The Morgan fingerprint density at radius 1 is 1.30 bits per heavy atom. The molecule has 3 amide bonds. The van der Waals surface area contributed by atoms with Crippen molar-refractivity contribution >= 4 is 41.4 Å². The number of carboxylic acid groups (broad SMARTS) is 1. The zero-order chi connectivity index (χ0) is 20.4. The first-order valence-electron chi connectivity index (χ1n) is 7.83. The summed E-state index contributed by atoms with van der Waals surface area (Å²) in [4.78, 5) is 53.3. The number of pyridine rings is 1. The number of urea groups is 1. The number of esters is 1. The first-order chi connectivity index (χ1) is 12.5. The van der Waals surface area contributed by atoms with Crippen LogP contribution in [0.25, 0.3) is 0 Å². The summed E-state index contributed by atoms with van der Waals surface area (Å²) >= 11 is 5.87. The van der Waals surface area contributed by atoms with E-state index in [1.165, 1.54) is 12.1 Å². The lowest BCUT2D eigenvalue weighted by Gasteiger charge is -2.34. The van der Waals surface area contributed by atoms with E-state index in [0.717, 1.165) is 4.90 Å². The molecule has 1 aliphatic rings. The van der Waals surface area contributed by atoms with Crippen LogP contribution in [0.1, 0.15) is 26.5 Å². The van der Waals surface area contributed by atoms with Crippen LogP contribution in [0.4, 0.5) is 15.3 Å². The van der Waals surface area contributed by atoms with Crippen LogP contribution in [0.3, 0.4) is 0 Å². The number of hydrogen-bond acceptors (Lipinski definition) is 7. The van der Waals surface area contributed by atoms with Crippen molar-refractivity contribution < 1.29 is 33.8 Å². The number of aromatic nitrogens is 1. The molecule has 0 saturated heterocycles. The number of rotatable bonds is 4. The normalized spacial score (nSPS) is 13.9. The lowest BCUT2D eigenvalue weighted by Crippen LogP contribution is -2.52. The summed E-state index contributed by atoms with van der Waals surface area (Å²) in [5.41, 5.74) is -0.409. The maximum absolute atomic E-state index is 12.7. The van der Waals surface area contributed by atoms with Crippen LogP contribution in [0.15, 0.2) is 12.1 Å². The van der Waals surface area contributed by atoms with E-state index >= 15 is 0 Å². The van der Waals surface area contributed by atoms with E-state index in [0.29, 0.717) is 4.90 Å². The van der Waals surface area contributed by atoms with Gasteiger partial charge in [0, 0.05) is 0 Å². The van der Waals surface area contributed by atoms with Gasteiger partial charge in [0.15, 0.2) is 6.61 Å². The first-order valence-corrected chi connectivity index (χ1v) is 8.20. The van der Waals surface area contributed by atoms with Gasteiger partial charge >= 0.3 is 24.1 Å². The van der Waals surface area contributed by atoms with Crippen LogP contribution in [0.2, 0.25) is 5.15 Å².